The Morgan fingerprint density at radius 3 is 1.64 bits per heavy atom. The molecule has 2 aromatic carbocycles. The van der Waals surface area contributed by atoms with E-state index in [9.17, 15) is 13.9 Å². The molecule has 2 saturated heterocycles. The molecule has 2 nitrogen and oxygen atoms in total. The molecule has 2 aliphatic heterocycles. The molecule has 4 rings (SSSR count). The first-order chi connectivity index (χ1) is 12.8. The van der Waals surface area contributed by atoms with Crippen molar-refractivity contribution in [2.24, 2.45) is 5.92 Å². The summed E-state index contributed by atoms with van der Waals surface area (Å²) in [6.07, 6.45) is 5.26. The lowest BCUT2D eigenvalue weighted by Gasteiger charge is -2.46. The number of halogens is 3. The second-order valence-electron chi connectivity index (χ2n) is 8.93. The van der Waals surface area contributed by atoms with Gasteiger partial charge in [0.2, 0.25) is 0 Å². The zero-order valence-electron chi connectivity index (χ0n) is 16.4. The monoisotopic (exact) mass is 499 g/mol. The number of benzene rings is 2. The van der Waals surface area contributed by atoms with Crippen LogP contribution in [0.4, 0.5) is 8.78 Å². The molecule has 2 aliphatic rings. The predicted octanol–water partition coefficient (Wildman–Crippen LogP) is 1.61. The Labute approximate surface area is 183 Å². The summed E-state index contributed by atoms with van der Waals surface area (Å²) in [4.78, 5) is 0. The second kappa shape index (κ2) is 8.00. The van der Waals surface area contributed by atoms with E-state index in [0.717, 1.165) is 17.3 Å². The first-order valence-corrected chi connectivity index (χ1v) is 9.87. The van der Waals surface area contributed by atoms with Crippen molar-refractivity contribution in [2.45, 2.75) is 49.8 Å². The summed E-state index contributed by atoms with van der Waals surface area (Å²) in [7, 11) is 4.65. The van der Waals surface area contributed by atoms with Gasteiger partial charge in [0, 0.05) is 25.7 Å². The van der Waals surface area contributed by atoms with E-state index in [4.69, 9.17) is 0 Å². The Hall–Kier alpha value is -1.05. The Morgan fingerprint density at radius 2 is 1.25 bits per heavy atom. The highest BCUT2D eigenvalue weighted by atomic mass is 127. The van der Waals surface area contributed by atoms with Gasteiger partial charge in [-0.3, -0.25) is 0 Å². The molecule has 0 spiro atoms. The minimum absolute atomic E-state index is 0. The van der Waals surface area contributed by atoms with Crippen LogP contribution < -0.4 is 24.0 Å². The van der Waals surface area contributed by atoms with Crippen LogP contribution in [-0.4, -0.2) is 35.8 Å². The first-order valence-electron chi connectivity index (χ1n) is 9.87. The van der Waals surface area contributed by atoms with Crippen molar-refractivity contribution in [1.82, 2.24) is 0 Å². The van der Waals surface area contributed by atoms with Crippen LogP contribution in [0.15, 0.2) is 48.5 Å². The number of fused-ring (bicyclic) bond motifs is 2. The lowest BCUT2D eigenvalue weighted by atomic mass is 9.75. The molecule has 0 amide bonds. The van der Waals surface area contributed by atoms with Crippen LogP contribution in [0, 0.1) is 17.6 Å². The lowest BCUT2D eigenvalue weighted by Crippen LogP contribution is -3.00. The van der Waals surface area contributed by atoms with E-state index in [1.54, 1.807) is 24.3 Å². The van der Waals surface area contributed by atoms with Crippen molar-refractivity contribution in [2.75, 3.05) is 14.1 Å². The van der Waals surface area contributed by atoms with Gasteiger partial charge in [-0.25, -0.2) is 8.78 Å². The maximum Gasteiger partial charge on any atom is 0.123 e. The van der Waals surface area contributed by atoms with Crippen LogP contribution >= 0.6 is 0 Å². The first kappa shape index (κ1) is 21.7. The fourth-order valence-electron chi connectivity index (χ4n) is 5.43. The molecule has 0 aliphatic carbocycles. The fourth-order valence-corrected chi connectivity index (χ4v) is 5.43. The minimum atomic E-state index is -1.24. The SMILES string of the molecule is C[N+]1(C)[C@H]2CC[C@H]1CC(CC(O)(c1ccc(F)cc1)c1ccc(F)cc1)C2.[I-]. The lowest BCUT2D eigenvalue weighted by molar-refractivity contribution is -0.931. The van der Waals surface area contributed by atoms with Gasteiger partial charge in [0.15, 0.2) is 0 Å². The fraction of sp³-hybridized carbons (Fsp3) is 0.478. The Morgan fingerprint density at radius 1 is 0.857 bits per heavy atom. The summed E-state index contributed by atoms with van der Waals surface area (Å²) >= 11 is 0. The largest absolute Gasteiger partial charge is 1.00 e. The molecule has 0 unspecified atom stereocenters. The Bertz CT molecular complexity index is 745. The van der Waals surface area contributed by atoms with Gasteiger partial charge < -0.3 is 33.6 Å². The van der Waals surface area contributed by atoms with Gasteiger partial charge in [-0.1, -0.05) is 24.3 Å². The highest BCUT2D eigenvalue weighted by Gasteiger charge is 2.50. The summed E-state index contributed by atoms with van der Waals surface area (Å²) in [6.45, 7) is 0. The van der Waals surface area contributed by atoms with E-state index >= 15 is 0 Å². The zero-order valence-corrected chi connectivity index (χ0v) is 18.6. The van der Waals surface area contributed by atoms with Crippen LogP contribution in [0.25, 0.3) is 0 Å². The van der Waals surface area contributed by atoms with Gasteiger partial charge in [0.05, 0.1) is 26.2 Å². The molecule has 2 bridgehead atoms. The van der Waals surface area contributed by atoms with Crippen LogP contribution in [0.5, 0.6) is 0 Å². The number of aliphatic hydroxyl groups is 1. The Balaban J connectivity index is 0.00000225. The van der Waals surface area contributed by atoms with E-state index < -0.39 is 5.60 Å². The maximum absolute atomic E-state index is 13.5. The number of rotatable bonds is 4. The smallest absolute Gasteiger partial charge is 0.123 e. The molecular formula is C23H28F2INO. The van der Waals surface area contributed by atoms with Crippen molar-refractivity contribution in [1.29, 1.82) is 0 Å². The highest BCUT2D eigenvalue weighted by Crippen LogP contribution is 2.47. The van der Waals surface area contributed by atoms with Gasteiger partial charge in [-0.05, 0) is 47.7 Å². The quantitative estimate of drug-likeness (QED) is 0.501. The van der Waals surface area contributed by atoms with Crippen LogP contribution in [0.1, 0.15) is 43.2 Å². The van der Waals surface area contributed by atoms with E-state index in [1.807, 2.05) is 0 Å². The summed E-state index contributed by atoms with van der Waals surface area (Å²) in [5.74, 6) is -0.251. The van der Waals surface area contributed by atoms with Crippen molar-refractivity contribution >= 4 is 0 Å². The third-order valence-electron chi connectivity index (χ3n) is 7.15. The topological polar surface area (TPSA) is 20.2 Å². The number of hydrogen-bond donors (Lipinski definition) is 1. The molecule has 2 atom stereocenters. The van der Waals surface area contributed by atoms with Gasteiger partial charge in [-0.15, -0.1) is 0 Å². The summed E-state index contributed by atoms with van der Waals surface area (Å²) in [5, 5.41) is 11.8. The van der Waals surface area contributed by atoms with Crippen molar-refractivity contribution in [3.05, 3.63) is 71.3 Å². The molecule has 2 fully saturated rings. The van der Waals surface area contributed by atoms with Gasteiger partial charge in [0.25, 0.3) is 0 Å². The molecule has 0 radical (unpaired) electrons. The Kier molecular flexibility index (Phi) is 6.18. The van der Waals surface area contributed by atoms with E-state index in [2.05, 4.69) is 14.1 Å². The van der Waals surface area contributed by atoms with E-state index in [-0.39, 0.29) is 35.6 Å². The standard InChI is InChI=1S/C23H28F2NO.HI/c1-26(2)21-11-12-22(26)14-16(13-21)15-23(27,17-3-7-19(24)8-4-17)18-5-9-20(25)10-6-18;/h3-10,16,21-22,27H,11-15H2,1-2H3;1H/q+1;/p-1/t21-,22-;/m0./s1. The predicted molar refractivity (Wildman–Crippen MR) is 102 cm³/mol. The van der Waals surface area contributed by atoms with E-state index in [1.165, 1.54) is 37.1 Å². The van der Waals surface area contributed by atoms with Crippen LogP contribution in [0.2, 0.25) is 0 Å². The molecular weight excluding hydrogens is 471 g/mol. The minimum Gasteiger partial charge on any atom is -1.00 e. The second-order valence-corrected chi connectivity index (χ2v) is 8.93. The molecule has 5 heteroatoms. The number of nitrogens with zero attached hydrogens (tertiary/aromatic N) is 1. The summed E-state index contributed by atoms with van der Waals surface area (Å²) in [6, 6.07) is 13.4. The molecule has 28 heavy (non-hydrogen) atoms. The van der Waals surface area contributed by atoms with Gasteiger partial charge >= 0.3 is 0 Å². The number of piperidine rings is 1. The van der Waals surface area contributed by atoms with Crippen molar-refractivity contribution in [3.63, 3.8) is 0 Å². The number of hydrogen-bond acceptors (Lipinski definition) is 1. The molecule has 0 aromatic heterocycles. The average molecular weight is 499 g/mol. The van der Waals surface area contributed by atoms with Gasteiger partial charge in [0.1, 0.15) is 17.2 Å². The third kappa shape index (κ3) is 3.85. The van der Waals surface area contributed by atoms with E-state index in [0.29, 0.717) is 35.5 Å². The molecule has 152 valence electrons. The summed E-state index contributed by atoms with van der Waals surface area (Å²) in [5.41, 5.74) is 0.101. The molecule has 2 aromatic rings. The molecule has 2 heterocycles. The average Bonchev–Trinajstić information content (AvgIpc) is 2.80. The summed E-state index contributed by atoms with van der Waals surface area (Å²) < 4.78 is 28.0. The van der Waals surface area contributed by atoms with Gasteiger partial charge in [-0.2, -0.15) is 0 Å². The third-order valence-corrected chi connectivity index (χ3v) is 7.15. The highest BCUT2D eigenvalue weighted by molar-refractivity contribution is 5.36. The van der Waals surface area contributed by atoms with Crippen LogP contribution in [-0.2, 0) is 5.60 Å². The maximum atomic E-state index is 13.5. The number of quaternary nitrogens is 1. The van der Waals surface area contributed by atoms with Crippen molar-refractivity contribution < 1.29 is 42.3 Å². The van der Waals surface area contributed by atoms with Crippen LogP contribution in [0.3, 0.4) is 0 Å². The normalized spacial score (nSPS) is 26.0. The molecule has 0 saturated carbocycles. The zero-order chi connectivity index (χ0) is 19.2. The molecule has 1 N–H and O–H groups in total. The van der Waals surface area contributed by atoms with Crippen molar-refractivity contribution in [3.8, 4) is 0 Å².